The van der Waals surface area contributed by atoms with Crippen molar-refractivity contribution in [2.24, 2.45) is 0 Å². The first-order chi connectivity index (χ1) is 23.3. The molecule has 0 aliphatic rings. The fourth-order valence-electron chi connectivity index (χ4n) is 3.55. The minimum Gasteiger partial charge on any atom is -0.413 e. The van der Waals surface area contributed by atoms with Crippen LogP contribution in [-0.4, -0.2) is 86.1 Å². The smallest absolute Gasteiger partial charge is 0.349 e. The van der Waals surface area contributed by atoms with Crippen LogP contribution in [0.3, 0.4) is 0 Å². The number of nitrogens with zero attached hydrogens (tertiary/aromatic N) is 8. The molecule has 6 amide bonds. The molecule has 0 saturated carbocycles. The van der Waals surface area contributed by atoms with Gasteiger partial charge in [-0.05, 0) is 0 Å². The van der Waals surface area contributed by atoms with Gasteiger partial charge in [0.2, 0.25) is 11.6 Å². The van der Waals surface area contributed by atoms with E-state index in [1.807, 2.05) is 0 Å². The van der Waals surface area contributed by atoms with Gasteiger partial charge < -0.3 is 33.3 Å². The maximum Gasteiger partial charge on any atom is 0.349 e. The lowest BCUT2D eigenvalue weighted by molar-refractivity contribution is -0.0487. The molecular weight excluding hydrogens is 644 g/mol. The zero-order chi connectivity index (χ0) is 33.6. The van der Waals surface area contributed by atoms with Crippen LogP contribution in [-0.2, 0) is 0 Å². The molecule has 24 nitrogen and oxygen atoms in total. The van der Waals surface area contributed by atoms with Crippen molar-refractivity contribution >= 4 is 47.1 Å². The fourth-order valence-corrected chi connectivity index (χ4v) is 3.55. The van der Waals surface area contributed by atoms with Gasteiger partial charge in [-0.2, -0.15) is 4.98 Å². The van der Waals surface area contributed by atoms with Gasteiger partial charge in [0, 0.05) is 30.7 Å². The monoisotopic (exact) mass is 660 g/mol. The van der Waals surface area contributed by atoms with Crippen molar-refractivity contribution in [3.05, 3.63) is 96.4 Å². The van der Waals surface area contributed by atoms with E-state index in [9.17, 15) is 28.8 Å². The van der Waals surface area contributed by atoms with Crippen molar-refractivity contribution in [3.8, 4) is 0 Å². The summed E-state index contributed by atoms with van der Waals surface area (Å²) in [6.07, 6.45) is 9.07. The molecule has 0 aromatic carbocycles. The van der Waals surface area contributed by atoms with Gasteiger partial charge >= 0.3 is 17.7 Å². The Balaban J connectivity index is 1.40. The van der Waals surface area contributed by atoms with Crippen LogP contribution in [0, 0.1) is 0 Å². The van der Waals surface area contributed by atoms with Crippen LogP contribution in [0.25, 0.3) is 0 Å². The number of carbonyl (C=O) groups is 6. The third-order valence-corrected chi connectivity index (χ3v) is 5.73. The van der Waals surface area contributed by atoms with Crippen LogP contribution in [0.4, 0.5) is 11.7 Å². The molecule has 0 aliphatic heterocycles. The number of H-pyrrole nitrogens is 2. The van der Waals surface area contributed by atoms with Crippen LogP contribution < -0.4 is 21.5 Å². The number of amides is 6. The minimum absolute atomic E-state index is 0.125. The van der Waals surface area contributed by atoms with Crippen molar-refractivity contribution in [2.75, 3.05) is 10.6 Å². The zero-order valence-electron chi connectivity index (χ0n) is 23.4. The highest BCUT2D eigenvalue weighted by molar-refractivity contribution is 6.08. The predicted octanol–water partition coefficient (Wildman–Crippen LogP) is -0.221. The van der Waals surface area contributed by atoms with Gasteiger partial charge in [0.25, 0.3) is 23.6 Å². The molecule has 6 N–H and O–H groups in total. The summed E-state index contributed by atoms with van der Waals surface area (Å²) in [6.45, 7) is 0. The number of anilines is 2. The molecule has 0 bridgehead atoms. The Morgan fingerprint density at radius 3 is 2.29 bits per heavy atom. The molecule has 0 aliphatic carbocycles. The average Bonchev–Trinajstić information content (AvgIpc) is 3.92. The highest BCUT2D eigenvalue weighted by Crippen LogP contribution is 2.25. The second-order valence-electron chi connectivity index (χ2n) is 8.79. The Labute approximate surface area is 262 Å². The maximum absolute atomic E-state index is 14.1. The maximum atomic E-state index is 14.1. The van der Waals surface area contributed by atoms with Crippen molar-refractivity contribution < 1.29 is 46.8 Å². The van der Waals surface area contributed by atoms with Crippen molar-refractivity contribution in [3.63, 3.8) is 0 Å². The molecule has 0 radical (unpaired) electrons. The molecule has 0 unspecified atom stereocenters. The normalized spacial score (nSPS) is 10.6. The first kappa shape index (κ1) is 30.1. The lowest BCUT2D eigenvalue weighted by Gasteiger charge is -2.31. The van der Waals surface area contributed by atoms with Crippen molar-refractivity contribution in [1.29, 1.82) is 0 Å². The number of oxazole rings is 1. The van der Waals surface area contributed by atoms with Gasteiger partial charge in [-0.1, -0.05) is 15.5 Å². The van der Waals surface area contributed by atoms with E-state index in [2.05, 4.69) is 70.9 Å². The molecule has 6 rings (SSSR count). The standard InChI is InChI=1S/C24H16N14O10/c39-17(11-7-30-46-9-11)34-38(37(23(43)14-1-3-29-48-14)35-20(42)15-26-4-5-27-15)24(44)22-32-16(31-18(40)12-2-6-45-36-12)21(47-22)33-19(41)13-8-25-10-28-13/h1-10H,(H,25,28)(H,26,27)(H,31,40)(H,33,41)(H,34,39)(H,35,42). The summed E-state index contributed by atoms with van der Waals surface area (Å²) in [5, 5.41) is 15.3. The van der Waals surface area contributed by atoms with Crippen LogP contribution >= 0.6 is 0 Å². The third kappa shape index (κ3) is 6.31. The lowest BCUT2D eigenvalue weighted by Crippen LogP contribution is -2.64. The van der Waals surface area contributed by atoms with E-state index < -0.39 is 58.8 Å². The van der Waals surface area contributed by atoms with Gasteiger partial charge in [-0.15, -0.1) is 10.2 Å². The van der Waals surface area contributed by atoms with E-state index in [0.717, 1.165) is 31.0 Å². The van der Waals surface area contributed by atoms with E-state index >= 15 is 0 Å². The predicted molar refractivity (Wildman–Crippen MR) is 146 cm³/mol. The Kier molecular flexibility index (Phi) is 8.14. The number of carbonyl (C=O) groups excluding carboxylic acids is 6. The number of imidazole rings is 2. The summed E-state index contributed by atoms with van der Waals surface area (Å²) in [4.78, 5) is 95.9. The molecule has 48 heavy (non-hydrogen) atoms. The van der Waals surface area contributed by atoms with Crippen molar-refractivity contribution in [2.45, 2.75) is 0 Å². The Bertz CT molecular complexity index is 1980. The summed E-state index contributed by atoms with van der Waals surface area (Å²) in [5.41, 5.74) is 3.62. The fraction of sp³-hybridized carbons (Fsp3) is 0. The first-order valence-corrected chi connectivity index (χ1v) is 12.9. The van der Waals surface area contributed by atoms with E-state index in [-0.39, 0.29) is 33.0 Å². The number of hydrogen-bond acceptors (Lipinski definition) is 16. The molecule has 24 heteroatoms. The molecule has 0 fully saturated rings. The zero-order valence-corrected chi connectivity index (χ0v) is 23.4. The van der Waals surface area contributed by atoms with Gasteiger partial charge in [0.15, 0.2) is 17.3 Å². The molecule has 0 spiro atoms. The highest BCUT2D eigenvalue weighted by Gasteiger charge is 2.37. The topological polar surface area (TPSA) is 318 Å². The number of aromatic amines is 2. The number of aromatic nitrogens is 8. The molecule has 242 valence electrons. The number of rotatable bonds is 8. The number of nitrogens with one attached hydrogen (secondary N) is 6. The van der Waals surface area contributed by atoms with Crippen LogP contribution in [0.15, 0.2) is 80.0 Å². The van der Waals surface area contributed by atoms with E-state index in [1.54, 1.807) is 0 Å². The second-order valence-corrected chi connectivity index (χ2v) is 8.79. The average molecular weight is 660 g/mol. The Morgan fingerprint density at radius 2 is 1.62 bits per heavy atom. The molecule has 6 heterocycles. The molecule has 6 aromatic rings. The van der Waals surface area contributed by atoms with Gasteiger partial charge in [0.1, 0.15) is 23.8 Å². The SMILES string of the molecule is O=C(NN(C(=O)c1nc(NC(=O)c2ccon2)c(NC(=O)c2c[nH]cn2)o1)N(NC(=O)c1ncc[nH]1)C(=O)c1ccno1)c1cnoc1. The van der Waals surface area contributed by atoms with E-state index in [0.29, 0.717) is 0 Å². The lowest BCUT2D eigenvalue weighted by atomic mass is 10.3. The van der Waals surface area contributed by atoms with Gasteiger partial charge in [0.05, 0.1) is 18.7 Å². The summed E-state index contributed by atoms with van der Waals surface area (Å²) >= 11 is 0. The summed E-state index contributed by atoms with van der Waals surface area (Å²) < 4.78 is 19.7. The van der Waals surface area contributed by atoms with Crippen molar-refractivity contribution in [1.82, 2.24) is 61.5 Å². The summed E-state index contributed by atoms with van der Waals surface area (Å²) in [5.74, 6) is -9.60. The highest BCUT2D eigenvalue weighted by atomic mass is 16.5. The molecule has 6 aromatic heterocycles. The van der Waals surface area contributed by atoms with E-state index in [4.69, 9.17) is 8.94 Å². The number of hydrazine groups is 3. The third-order valence-electron chi connectivity index (χ3n) is 5.73. The summed E-state index contributed by atoms with van der Waals surface area (Å²) in [7, 11) is 0. The van der Waals surface area contributed by atoms with Crippen LogP contribution in [0.2, 0.25) is 0 Å². The van der Waals surface area contributed by atoms with Crippen LogP contribution in [0.5, 0.6) is 0 Å². The second kappa shape index (κ2) is 13.0. The quantitative estimate of drug-likeness (QED) is 0.115. The first-order valence-electron chi connectivity index (χ1n) is 12.9. The van der Waals surface area contributed by atoms with Gasteiger partial charge in [-0.25, -0.2) is 20.8 Å². The van der Waals surface area contributed by atoms with E-state index in [1.165, 1.54) is 31.0 Å². The molecular formula is C24H16N14O10. The Hall–Kier alpha value is -7.92. The van der Waals surface area contributed by atoms with Gasteiger partial charge in [-0.3, -0.25) is 34.1 Å². The molecule has 0 atom stereocenters. The summed E-state index contributed by atoms with van der Waals surface area (Å²) in [6, 6.07) is 2.30. The number of hydrogen-bond donors (Lipinski definition) is 6. The Morgan fingerprint density at radius 1 is 0.812 bits per heavy atom. The largest absolute Gasteiger partial charge is 0.413 e. The minimum atomic E-state index is -1.47. The van der Waals surface area contributed by atoms with Crippen LogP contribution in [0.1, 0.15) is 63.2 Å². The molecule has 0 saturated heterocycles.